The average Bonchev–Trinajstić information content (AvgIpc) is 3.49. The van der Waals surface area contributed by atoms with Crippen molar-refractivity contribution in [3.63, 3.8) is 0 Å². The number of aromatic nitrogens is 2. The minimum absolute atomic E-state index is 0.0555. The van der Waals surface area contributed by atoms with Crippen LogP contribution in [0.15, 0.2) is 48.5 Å². The van der Waals surface area contributed by atoms with Crippen LogP contribution in [-0.4, -0.2) is 57.4 Å². The van der Waals surface area contributed by atoms with E-state index in [0.29, 0.717) is 49.1 Å². The lowest BCUT2D eigenvalue weighted by Crippen LogP contribution is -2.70. The molecule has 1 aliphatic carbocycles. The van der Waals surface area contributed by atoms with Gasteiger partial charge in [0.25, 0.3) is 5.79 Å². The average molecular weight is 637 g/mol. The zero-order chi connectivity index (χ0) is 31.1. The van der Waals surface area contributed by atoms with Gasteiger partial charge in [-0.25, -0.2) is 18.6 Å². The number of nitrogens with one attached hydrogen (secondary N) is 1. The lowest BCUT2D eigenvalue weighted by Gasteiger charge is -2.59. The summed E-state index contributed by atoms with van der Waals surface area (Å²) in [5, 5.41) is 13.6. The van der Waals surface area contributed by atoms with Crippen LogP contribution in [0.25, 0.3) is 11.0 Å². The van der Waals surface area contributed by atoms with Gasteiger partial charge in [0.1, 0.15) is 17.2 Å². The summed E-state index contributed by atoms with van der Waals surface area (Å²) in [5.74, 6) is -2.08. The predicted molar refractivity (Wildman–Crippen MR) is 161 cm³/mol. The molecule has 4 atom stereocenters. The van der Waals surface area contributed by atoms with Gasteiger partial charge in [-0.2, -0.15) is 0 Å². The molecule has 1 saturated carbocycles. The number of nitrogens with zero attached hydrogens (tertiary/aromatic N) is 3. The molecule has 3 fully saturated rings. The SMILES string of the molecule is CC1(c2ccc(Cl)cc2F)Oc2cccc(C34CCC3NCCN4Cc3nc4c(F)cc(C(=O)O)cc4n3C[C@@H]3CCO3)c2O1. The van der Waals surface area contributed by atoms with Crippen molar-refractivity contribution in [3.05, 3.63) is 87.7 Å². The van der Waals surface area contributed by atoms with E-state index in [1.807, 2.05) is 22.8 Å². The number of carboxylic acids is 1. The Bertz CT molecular complexity index is 1860. The molecule has 4 aliphatic rings. The molecule has 12 heteroatoms. The van der Waals surface area contributed by atoms with E-state index in [-0.39, 0.29) is 33.8 Å². The first-order valence-corrected chi connectivity index (χ1v) is 15.5. The van der Waals surface area contributed by atoms with Gasteiger partial charge in [0.15, 0.2) is 17.3 Å². The van der Waals surface area contributed by atoms with Gasteiger partial charge in [-0.3, -0.25) is 4.90 Å². The molecule has 2 N–H and O–H groups in total. The van der Waals surface area contributed by atoms with Crippen LogP contribution in [0.3, 0.4) is 0 Å². The van der Waals surface area contributed by atoms with Gasteiger partial charge in [-0.15, -0.1) is 0 Å². The number of hydrogen-bond donors (Lipinski definition) is 2. The summed E-state index contributed by atoms with van der Waals surface area (Å²) in [6.07, 6.45) is 2.56. The van der Waals surface area contributed by atoms with Gasteiger partial charge >= 0.3 is 5.97 Å². The maximum atomic E-state index is 15.3. The zero-order valence-electron chi connectivity index (χ0n) is 24.5. The minimum atomic E-state index is -1.40. The van der Waals surface area contributed by atoms with Crippen molar-refractivity contribution in [2.24, 2.45) is 0 Å². The topological polar surface area (TPSA) is 98.1 Å². The fourth-order valence-corrected chi connectivity index (χ4v) is 7.57. The molecular weight excluding hydrogens is 606 g/mol. The lowest BCUT2D eigenvalue weighted by molar-refractivity contribution is -0.0807. The van der Waals surface area contributed by atoms with E-state index in [9.17, 15) is 9.90 Å². The summed E-state index contributed by atoms with van der Waals surface area (Å²) in [7, 11) is 0. The van der Waals surface area contributed by atoms with Crippen LogP contribution in [0.2, 0.25) is 5.02 Å². The third-order valence-electron chi connectivity index (χ3n) is 9.84. The number of para-hydroxylation sites is 1. The quantitative estimate of drug-likeness (QED) is 0.272. The van der Waals surface area contributed by atoms with E-state index >= 15 is 8.78 Å². The first kappa shape index (κ1) is 28.7. The molecule has 0 spiro atoms. The predicted octanol–water partition coefficient (Wildman–Crippen LogP) is 5.56. The molecule has 3 aromatic carbocycles. The molecular formula is C33H31ClF2N4O5. The van der Waals surface area contributed by atoms with Crippen LogP contribution >= 0.6 is 11.6 Å². The van der Waals surface area contributed by atoms with Crippen molar-refractivity contribution in [1.29, 1.82) is 0 Å². The number of benzene rings is 3. The highest BCUT2D eigenvalue weighted by molar-refractivity contribution is 6.30. The molecule has 1 aromatic heterocycles. The number of hydrogen-bond acceptors (Lipinski definition) is 7. The summed E-state index contributed by atoms with van der Waals surface area (Å²) >= 11 is 6.02. The number of piperazine rings is 1. The van der Waals surface area contributed by atoms with Gasteiger partial charge < -0.3 is 29.2 Å². The largest absolute Gasteiger partial charge is 0.478 e. The normalized spacial score (nSPS) is 27.2. The number of fused-ring (bicyclic) bond motifs is 3. The summed E-state index contributed by atoms with van der Waals surface area (Å²) in [6.45, 7) is 4.60. The second-order valence-corrected chi connectivity index (χ2v) is 12.8. The fraction of sp³-hybridized carbons (Fsp3) is 0.394. The third-order valence-corrected chi connectivity index (χ3v) is 10.1. The van der Waals surface area contributed by atoms with Gasteiger partial charge in [-0.05, 0) is 55.7 Å². The van der Waals surface area contributed by atoms with Crippen molar-refractivity contribution in [1.82, 2.24) is 19.8 Å². The smallest absolute Gasteiger partial charge is 0.335 e. The molecule has 45 heavy (non-hydrogen) atoms. The summed E-state index contributed by atoms with van der Waals surface area (Å²) in [5.41, 5.74) is 1.11. The minimum Gasteiger partial charge on any atom is -0.478 e. The van der Waals surface area contributed by atoms with Gasteiger partial charge in [0, 0.05) is 43.2 Å². The zero-order valence-corrected chi connectivity index (χ0v) is 25.2. The number of rotatable bonds is 7. The molecule has 3 aliphatic heterocycles. The first-order valence-electron chi connectivity index (χ1n) is 15.2. The maximum absolute atomic E-state index is 15.3. The lowest BCUT2D eigenvalue weighted by atomic mass is 9.64. The van der Waals surface area contributed by atoms with Crippen molar-refractivity contribution < 1.29 is 32.9 Å². The van der Waals surface area contributed by atoms with E-state index in [1.54, 1.807) is 19.1 Å². The highest BCUT2D eigenvalue weighted by atomic mass is 35.5. The van der Waals surface area contributed by atoms with Gasteiger partial charge in [0.05, 0.1) is 41.4 Å². The number of ether oxygens (including phenoxy) is 3. The number of aromatic carboxylic acids is 1. The molecule has 9 nitrogen and oxygen atoms in total. The number of carboxylic acid groups (broad SMARTS) is 1. The highest BCUT2D eigenvalue weighted by Crippen LogP contribution is 2.56. The number of carbonyl (C=O) groups is 1. The molecule has 234 valence electrons. The Balaban J connectivity index is 1.20. The van der Waals surface area contributed by atoms with Crippen LogP contribution in [0, 0.1) is 11.6 Å². The Morgan fingerprint density at radius 2 is 1.98 bits per heavy atom. The molecule has 4 aromatic rings. The van der Waals surface area contributed by atoms with E-state index < -0.39 is 28.9 Å². The molecule has 0 bridgehead atoms. The van der Waals surface area contributed by atoms with Crippen LogP contribution in [-0.2, 0) is 29.2 Å². The molecule has 8 rings (SSSR count). The number of imidazole rings is 1. The van der Waals surface area contributed by atoms with Crippen molar-refractivity contribution in [3.8, 4) is 11.5 Å². The second kappa shape index (κ2) is 10.4. The van der Waals surface area contributed by atoms with E-state index in [0.717, 1.165) is 37.4 Å². The Kier molecular flexibility index (Phi) is 6.62. The fourth-order valence-electron chi connectivity index (χ4n) is 7.41. The summed E-state index contributed by atoms with van der Waals surface area (Å²) in [6, 6.07) is 12.8. The third kappa shape index (κ3) is 4.43. The van der Waals surface area contributed by atoms with E-state index in [1.165, 1.54) is 12.1 Å². The van der Waals surface area contributed by atoms with Gasteiger partial charge in [0.2, 0.25) is 0 Å². The van der Waals surface area contributed by atoms with E-state index in [2.05, 4.69) is 10.2 Å². The van der Waals surface area contributed by atoms with Gasteiger partial charge in [-0.1, -0.05) is 23.7 Å². The molecule has 0 amide bonds. The standard InChI is InChI=1S/C33H31ClF2N4O5/c1-32(21-6-5-19(34)15-23(21)35)44-26-4-2-3-22(30(26)45-32)33-9-7-27(33)37-10-11-39(33)17-28-38-29-24(36)13-18(31(41)42)14-25(29)40(28)16-20-8-12-43-20/h2-6,13-15,20,27,37H,7-12,16-17H2,1H3,(H,41,42)/t20-,27?,32?,33?/m0/s1. The highest BCUT2D eigenvalue weighted by Gasteiger charge is 2.57. The van der Waals surface area contributed by atoms with Crippen LogP contribution < -0.4 is 14.8 Å². The molecule has 0 radical (unpaired) electrons. The Morgan fingerprint density at radius 3 is 2.69 bits per heavy atom. The Morgan fingerprint density at radius 1 is 1.13 bits per heavy atom. The van der Waals surface area contributed by atoms with Crippen molar-refractivity contribution >= 4 is 28.6 Å². The Labute approximate surface area is 262 Å². The Hall–Kier alpha value is -3.77. The summed E-state index contributed by atoms with van der Waals surface area (Å²) in [4.78, 5) is 18.9. The van der Waals surface area contributed by atoms with Crippen LogP contribution in [0.5, 0.6) is 11.5 Å². The number of halogens is 3. The van der Waals surface area contributed by atoms with Crippen LogP contribution in [0.4, 0.5) is 8.78 Å². The summed E-state index contributed by atoms with van der Waals surface area (Å²) < 4.78 is 50.8. The monoisotopic (exact) mass is 636 g/mol. The maximum Gasteiger partial charge on any atom is 0.335 e. The molecule has 2 saturated heterocycles. The van der Waals surface area contributed by atoms with E-state index in [4.69, 9.17) is 30.8 Å². The molecule has 4 heterocycles. The second-order valence-electron chi connectivity index (χ2n) is 12.3. The van der Waals surface area contributed by atoms with Crippen LogP contribution in [0.1, 0.15) is 53.5 Å². The first-order chi connectivity index (χ1) is 21.7. The van der Waals surface area contributed by atoms with Crippen molar-refractivity contribution in [2.75, 3.05) is 19.7 Å². The van der Waals surface area contributed by atoms with Crippen molar-refractivity contribution in [2.45, 2.75) is 62.7 Å². The molecule has 3 unspecified atom stereocenters.